The van der Waals surface area contributed by atoms with Crippen molar-refractivity contribution < 1.29 is 19.8 Å². The molecule has 1 aromatic heterocycles. The molecule has 7 heteroatoms. The number of benzene rings is 1. The normalized spacial score (nSPS) is 11.9. The first-order chi connectivity index (χ1) is 10.1. The minimum Gasteiger partial charge on any atom is -0.480 e. The monoisotopic (exact) mass is 289 g/mol. The van der Waals surface area contributed by atoms with Gasteiger partial charge in [-0.1, -0.05) is 18.2 Å². The predicted octanol–water partition coefficient (Wildman–Crippen LogP) is 1.19. The molecule has 2 rings (SSSR count). The number of hydrogen-bond donors (Lipinski definition) is 4. The van der Waals surface area contributed by atoms with Crippen molar-refractivity contribution in [1.29, 1.82) is 0 Å². The quantitative estimate of drug-likeness (QED) is 0.660. The first-order valence-corrected chi connectivity index (χ1v) is 6.36. The molecule has 1 aromatic carbocycles. The van der Waals surface area contributed by atoms with Gasteiger partial charge in [-0.25, -0.2) is 9.59 Å². The summed E-state index contributed by atoms with van der Waals surface area (Å²) in [5.41, 5.74) is 1.26. The lowest BCUT2D eigenvalue weighted by molar-refractivity contribution is -0.139. The third-order valence-corrected chi connectivity index (χ3v) is 2.87. The molecular weight excluding hydrogens is 274 g/mol. The number of aromatic nitrogens is 1. The molecule has 0 fully saturated rings. The Balaban J connectivity index is 2.05. The van der Waals surface area contributed by atoms with Gasteiger partial charge in [0.2, 0.25) is 0 Å². The second-order valence-electron chi connectivity index (χ2n) is 4.42. The highest BCUT2D eigenvalue weighted by molar-refractivity contribution is 5.94. The van der Waals surface area contributed by atoms with Crippen molar-refractivity contribution in [1.82, 2.24) is 10.3 Å². The average Bonchev–Trinajstić information content (AvgIpc) is 2.46. The van der Waals surface area contributed by atoms with Gasteiger partial charge in [0.05, 0.1) is 17.4 Å². The van der Waals surface area contributed by atoms with E-state index in [4.69, 9.17) is 10.2 Å². The van der Waals surface area contributed by atoms with Crippen LogP contribution in [0.15, 0.2) is 36.5 Å². The maximum atomic E-state index is 11.7. The zero-order valence-corrected chi connectivity index (χ0v) is 11.1. The molecule has 0 aliphatic carbocycles. The summed E-state index contributed by atoms with van der Waals surface area (Å²) < 4.78 is 0. The van der Waals surface area contributed by atoms with Gasteiger partial charge in [-0.05, 0) is 12.1 Å². The molecule has 110 valence electrons. The molecule has 4 N–H and O–H groups in total. The van der Waals surface area contributed by atoms with Crippen LogP contribution in [-0.4, -0.2) is 39.8 Å². The summed E-state index contributed by atoms with van der Waals surface area (Å²) in [7, 11) is 0. The minimum absolute atomic E-state index is 0.0568. The zero-order chi connectivity index (χ0) is 15.2. The highest BCUT2D eigenvalue weighted by atomic mass is 16.4. The van der Waals surface area contributed by atoms with Gasteiger partial charge < -0.3 is 20.8 Å². The molecule has 0 bridgehead atoms. The summed E-state index contributed by atoms with van der Waals surface area (Å²) >= 11 is 0. The Morgan fingerprint density at radius 3 is 2.76 bits per heavy atom. The number of carboxylic acid groups (broad SMARTS) is 1. The lowest BCUT2D eigenvalue weighted by atomic mass is 10.2. The fourth-order valence-corrected chi connectivity index (χ4v) is 1.85. The van der Waals surface area contributed by atoms with Crippen LogP contribution < -0.4 is 10.6 Å². The number of aliphatic hydroxyl groups is 1. The van der Waals surface area contributed by atoms with Crippen LogP contribution in [0, 0.1) is 0 Å². The SMILES string of the molecule is O=C(Nc1cnc2ccccc2c1)N[C@@H](CCO)C(=O)O. The number of fused-ring (bicyclic) bond motifs is 1. The molecular formula is C14H15N3O4. The van der Waals surface area contributed by atoms with Crippen LogP contribution in [-0.2, 0) is 4.79 Å². The maximum Gasteiger partial charge on any atom is 0.326 e. The highest BCUT2D eigenvalue weighted by Gasteiger charge is 2.19. The predicted molar refractivity (Wildman–Crippen MR) is 77.0 cm³/mol. The van der Waals surface area contributed by atoms with Crippen LogP contribution >= 0.6 is 0 Å². The van der Waals surface area contributed by atoms with Crippen molar-refractivity contribution in [3.05, 3.63) is 36.5 Å². The van der Waals surface area contributed by atoms with E-state index >= 15 is 0 Å². The molecule has 0 saturated heterocycles. The number of nitrogens with one attached hydrogen (secondary N) is 2. The van der Waals surface area contributed by atoms with E-state index in [0.29, 0.717) is 5.69 Å². The zero-order valence-electron chi connectivity index (χ0n) is 11.1. The molecule has 7 nitrogen and oxygen atoms in total. The Kier molecular flexibility index (Phi) is 4.68. The van der Waals surface area contributed by atoms with E-state index in [1.54, 1.807) is 6.07 Å². The van der Waals surface area contributed by atoms with Crippen molar-refractivity contribution in [3.63, 3.8) is 0 Å². The van der Waals surface area contributed by atoms with Crippen molar-refractivity contribution in [3.8, 4) is 0 Å². The van der Waals surface area contributed by atoms with E-state index in [2.05, 4.69) is 15.6 Å². The average molecular weight is 289 g/mol. The summed E-state index contributed by atoms with van der Waals surface area (Å²) in [5, 5.41) is 23.3. The molecule has 1 heterocycles. The fourth-order valence-electron chi connectivity index (χ4n) is 1.85. The van der Waals surface area contributed by atoms with Crippen LogP contribution in [0.1, 0.15) is 6.42 Å². The molecule has 0 radical (unpaired) electrons. The topological polar surface area (TPSA) is 112 Å². The van der Waals surface area contributed by atoms with Gasteiger partial charge in [0.25, 0.3) is 0 Å². The van der Waals surface area contributed by atoms with Crippen LogP contribution in [0.25, 0.3) is 10.9 Å². The number of nitrogens with zero attached hydrogens (tertiary/aromatic N) is 1. The number of aliphatic hydroxyl groups excluding tert-OH is 1. The third-order valence-electron chi connectivity index (χ3n) is 2.87. The Hall–Kier alpha value is -2.67. The first-order valence-electron chi connectivity index (χ1n) is 6.36. The lowest BCUT2D eigenvalue weighted by Gasteiger charge is -2.14. The fraction of sp³-hybridized carbons (Fsp3) is 0.214. The first kappa shape index (κ1) is 14.7. The highest BCUT2D eigenvalue weighted by Crippen LogP contribution is 2.15. The van der Waals surface area contributed by atoms with E-state index in [0.717, 1.165) is 10.9 Å². The van der Waals surface area contributed by atoms with Gasteiger partial charge in [0, 0.05) is 18.4 Å². The van der Waals surface area contributed by atoms with Gasteiger partial charge in [-0.15, -0.1) is 0 Å². The van der Waals surface area contributed by atoms with Crippen LogP contribution in [0.3, 0.4) is 0 Å². The number of carbonyl (C=O) groups excluding carboxylic acids is 1. The van der Waals surface area contributed by atoms with Gasteiger partial charge in [0.15, 0.2) is 0 Å². The smallest absolute Gasteiger partial charge is 0.326 e. The number of pyridine rings is 1. The second-order valence-corrected chi connectivity index (χ2v) is 4.42. The Morgan fingerprint density at radius 2 is 2.05 bits per heavy atom. The van der Waals surface area contributed by atoms with Crippen molar-refractivity contribution in [2.45, 2.75) is 12.5 Å². The van der Waals surface area contributed by atoms with Crippen molar-refractivity contribution in [2.75, 3.05) is 11.9 Å². The van der Waals surface area contributed by atoms with Crippen molar-refractivity contribution >= 4 is 28.6 Å². The molecule has 0 aliphatic heterocycles. The number of aliphatic carboxylic acids is 1. The van der Waals surface area contributed by atoms with E-state index in [-0.39, 0.29) is 13.0 Å². The van der Waals surface area contributed by atoms with E-state index < -0.39 is 18.0 Å². The van der Waals surface area contributed by atoms with E-state index in [1.165, 1.54) is 6.20 Å². The summed E-state index contributed by atoms with van der Waals surface area (Å²) in [5.74, 6) is -1.20. The summed E-state index contributed by atoms with van der Waals surface area (Å²) in [6, 6.07) is 7.37. The molecule has 2 amide bonds. The standard InChI is InChI=1S/C14H15N3O4/c18-6-5-12(13(19)20)17-14(21)16-10-7-9-3-1-2-4-11(9)15-8-10/h1-4,7-8,12,18H,5-6H2,(H,19,20)(H2,16,17,21)/t12-/m0/s1. The number of carbonyl (C=O) groups is 2. The minimum atomic E-state index is -1.20. The van der Waals surface area contributed by atoms with Gasteiger partial charge in [-0.3, -0.25) is 4.98 Å². The number of amides is 2. The number of carboxylic acids is 1. The summed E-state index contributed by atoms with van der Waals surface area (Å²) in [6.07, 6.45) is 1.43. The maximum absolute atomic E-state index is 11.7. The summed E-state index contributed by atoms with van der Waals surface area (Å²) in [4.78, 5) is 26.8. The third kappa shape index (κ3) is 3.90. The molecule has 2 aromatic rings. The lowest BCUT2D eigenvalue weighted by Crippen LogP contribution is -2.43. The largest absolute Gasteiger partial charge is 0.480 e. The van der Waals surface area contributed by atoms with Crippen LogP contribution in [0.2, 0.25) is 0 Å². The Bertz CT molecular complexity index is 659. The number of anilines is 1. The van der Waals surface area contributed by atoms with Crippen molar-refractivity contribution in [2.24, 2.45) is 0 Å². The molecule has 0 unspecified atom stereocenters. The van der Waals surface area contributed by atoms with Gasteiger partial charge in [-0.2, -0.15) is 0 Å². The molecule has 1 atom stereocenters. The van der Waals surface area contributed by atoms with E-state index in [1.807, 2.05) is 24.3 Å². The number of rotatable bonds is 5. The molecule has 0 aliphatic rings. The number of urea groups is 1. The van der Waals surface area contributed by atoms with Crippen LogP contribution in [0.5, 0.6) is 0 Å². The Labute approximate surface area is 120 Å². The second kappa shape index (κ2) is 6.67. The van der Waals surface area contributed by atoms with Gasteiger partial charge in [0.1, 0.15) is 6.04 Å². The molecule has 0 spiro atoms. The van der Waals surface area contributed by atoms with E-state index in [9.17, 15) is 9.59 Å². The number of para-hydroxylation sites is 1. The molecule has 0 saturated carbocycles. The Morgan fingerprint density at radius 1 is 1.29 bits per heavy atom. The molecule has 21 heavy (non-hydrogen) atoms. The van der Waals surface area contributed by atoms with Crippen LogP contribution in [0.4, 0.5) is 10.5 Å². The van der Waals surface area contributed by atoms with Gasteiger partial charge >= 0.3 is 12.0 Å². The number of hydrogen-bond acceptors (Lipinski definition) is 4. The summed E-state index contributed by atoms with van der Waals surface area (Å²) in [6.45, 7) is -0.325.